The molecule has 18 heavy (non-hydrogen) atoms. The zero-order valence-electron chi connectivity index (χ0n) is 9.79. The van der Waals surface area contributed by atoms with Crippen LogP contribution in [0.5, 0.6) is 0 Å². The molecule has 2 heterocycles. The summed E-state index contributed by atoms with van der Waals surface area (Å²) >= 11 is 0. The Kier molecular flexibility index (Phi) is 2.40. The molecule has 1 aromatic carbocycles. The Hall–Kier alpha value is -2.50. The lowest BCUT2D eigenvalue weighted by Gasteiger charge is -2.00. The average molecular weight is 241 g/mol. The van der Waals surface area contributed by atoms with Crippen LogP contribution in [0.15, 0.2) is 30.5 Å². The highest BCUT2D eigenvalue weighted by atomic mass is 16.1. The van der Waals surface area contributed by atoms with Crippen molar-refractivity contribution in [2.75, 3.05) is 0 Å². The van der Waals surface area contributed by atoms with E-state index in [-0.39, 0.29) is 5.78 Å². The quantitative estimate of drug-likeness (QED) is 0.703. The minimum atomic E-state index is 0.0538. The standard InChI is InChI=1S/C12H11N5O/c1-8(18)10-6-17(7-12-13-15-16-14-12)11-5-3-2-4-9(10)11/h2-6H,7H2,1H3,(H,13,14,15,16). The highest BCUT2D eigenvalue weighted by Gasteiger charge is 2.12. The van der Waals surface area contributed by atoms with Crippen molar-refractivity contribution in [2.45, 2.75) is 13.5 Å². The molecule has 3 aromatic rings. The van der Waals surface area contributed by atoms with Gasteiger partial charge in [0.05, 0.1) is 6.54 Å². The molecular weight excluding hydrogens is 230 g/mol. The molecule has 0 radical (unpaired) electrons. The topological polar surface area (TPSA) is 76.5 Å². The van der Waals surface area contributed by atoms with Crippen molar-refractivity contribution in [3.63, 3.8) is 0 Å². The van der Waals surface area contributed by atoms with Crippen molar-refractivity contribution in [3.8, 4) is 0 Å². The molecular formula is C12H11N5O. The summed E-state index contributed by atoms with van der Waals surface area (Å²) in [5.41, 5.74) is 1.71. The van der Waals surface area contributed by atoms with Crippen LogP contribution < -0.4 is 0 Å². The van der Waals surface area contributed by atoms with Gasteiger partial charge in [-0.1, -0.05) is 23.4 Å². The number of para-hydroxylation sites is 1. The molecule has 0 bridgehead atoms. The number of H-pyrrole nitrogens is 1. The summed E-state index contributed by atoms with van der Waals surface area (Å²) in [5, 5.41) is 14.7. The summed E-state index contributed by atoms with van der Waals surface area (Å²) in [6.45, 7) is 2.06. The molecule has 2 aromatic heterocycles. The third-order valence-corrected chi connectivity index (χ3v) is 2.87. The molecule has 0 atom stereocenters. The Balaban J connectivity index is 2.14. The molecule has 0 saturated carbocycles. The van der Waals surface area contributed by atoms with E-state index in [9.17, 15) is 4.79 Å². The lowest BCUT2D eigenvalue weighted by atomic mass is 10.1. The zero-order valence-corrected chi connectivity index (χ0v) is 9.79. The number of fused-ring (bicyclic) bond motifs is 1. The number of rotatable bonds is 3. The van der Waals surface area contributed by atoms with Crippen LogP contribution in [-0.4, -0.2) is 31.0 Å². The zero-order chi connectivity index (χ0) is 12.5. The first-order chi connectivity index (χ1) is 8.75. The van der Waals surface area contributed by atoms with Gasteiger partial charge in [0.15, 0.2) is 11.6 Å². The fourth-order valence-corrected chi connectivity index (χ4v) is 2.06. The Bertz CT molecular complexity index is 698. The second-order valence-electron chi connectivity index (χ2n) is 4.07. The maximum absolute atomic E-state index is 11.6. The van der Waals surface area contributed by atoms with Gasteiger partial charge >= 0.3 is 0 Å². The molecule has 0 aliphatic heterocycles. The second-order valence-corrected chi connectivity index (χ2v) is 4.07. The summed E-state index contributed by atoms with van der Waals surface area (Å²) in [6.07, 6.45) is 1.84. The Morgan fingerprint density at radius 3 is 2.94 bits per heavy atom. The van der Waals surface area contributed by atoms with Gasteiger partial charge in [-0.3, -0.25) is 4.79 Å². The van der Waals surface area contributed by atoms with E-state index in [0.717, 1.165) is 10.9 Å². The van der Waals surface area contributed by atoms with Crippen molar-refractivity contribution in [2.24, 2.45) is 0 Å². The van der Waals surface area contributed by atoms with Crippen LogP contribution in [0.25, 0.3) is 10.9 Å². The molecule has 90 valence electrons. The van der Waals surface area contributed by atoms with Crippen molar-refractivity contribution in [1.29, 1.82) is 0 Å². The molecule has 0 aliphatic rings. The molecule has 0 saturated heterocycles. The number of tetrazole rings is 1. The third kappa shape index (κ3) is 1.67. The normalized spacial score (nSPS) is 10.9. The molecule has 0 aliphatic carbocycles. The van der Waals surface area contributed by atoms with Crippen molar-refractivity contribution in [3.05, 3.63) is 41.9 Å². The van der Waals surface area contributed by atoms with Gasteiger partial charge in [0.1, 0.15) is 0 Å². The number of benzene rings is 1. The van der Waals surface area contributed by atoms with Gasteiger partial charge in [0.25, 0.3) is 0 Å². The fraction of sp³-hybridized carbons (Fsp3) is 0.167. The smallest absolute Gasteiger partial charge is 0.194 e. The summed E-state index contributed by atoms with van der Waals surface area (Å²) in [7, 11) is 0. The first-order valence-corrected chi connectivity index (χ1v) is 5.57. The maximum atomic E-state index is 11.6. The fourth-order valence-electron chi connectivity index (χ4n) is 2.06. The van der Waals surface area contributed by atoms with E-state index in [4.69, 9.17) is 0 Å². The number of carbonyl (C=O) groups is 1. The van der Waals surface area contributed by atoms with Gasteiger partial charge in [-0.05, 0) is 13.0 Å². The molecule has 0 spiro atoms. The number of Topliss-reactive ketones (excluding diaryl/α,β-unsaturated/α-hetero) is 1. The van der Waals surface area contributed by atoms with E-state index in [1.807, 2.05) is 35.0 Å². The lowest BCUT2D eigenvalue weighted by molar-refractivity contribution is 0.101. The van der Waals surface area contributed by atoms with Crippen molar-refractivity contribution in [1.82, 2.24) is 25.2 Å². The molecule has 3 rings (SSSR count). The number of aromatic nitrogens is 5. The largest absolute Gasteiger partial charge is 0.339 e. The number of carbonyl (C=O) groups excluding carboxylic acids is 1. The predicted molar refractivity (Wildman–Crippen MR) is 65.2 cm³/mol. The average Bonchev–Trinajstić information content (AvgIpc) is 2.98. The first-order valence-electron chi connectivity index (χ1n) is 5.57. The van der Waals surface area contributed by atoms with Gasteiger partial charge in [-0.2, -0.15) is 5.21 Å². The highest BCUT2D eigenvalue weighted by Crippen LogP contribution is 2.22. The number of hydrogen-bond donors (Lipinski definition) is 1. The van der Waals surface area contributed by atoms with Gasteiger partial charge in [-0.25, -0.2) is 0 Å². The monoisotopic (exact) mass is 241 g/mol. The molecule has 0 amide bonds. The number of ketones is 1. The van der Waals surface area contributed by atoms with Crippen molar-refractivity contribution >= 4 is 16.7 Å². The lowest BCUT2D eigenvalue weighted by Crippen LogP contribution is -2.00. The molecule has 6 heteroatoms. The molecule has 6 nitrogen and oxygen atoms in total. The van der Waals surface area contributed by atoms with Crippen LogP contribution in [-0.2, 0) is 6.54 Å². The number of nitrogens with zero attached hydrogens (tertiary/aromatic N) is 4. The second kappa shape index (κ2) is 4.06. The summed E-state index contributed by atoms with van der Waals surface area (Å²) in [6, 6.07) is 7.78. The van der Waals surface area contributed by atoms with Gasteiger partial charge in [0.2, 0.25) is 0 Å². The van der Waals surface area contributed by atoms with E-state index in [0.29, 0.717) is 17.9 Å². The summed E-state index contributed by atoms with van der Waals surface area (Å²) < 4.78 is 1.96. The van der Waals surface area contributed by atoms with Gasteiger partial charge in [0, 0.05) is 22.7 Å². The predicted octanol–water partition coefficient (Wildman–Crippen LogP) is 1.41. The first kappa shape index (κ1) is 10.6. The van der Waals surface area contributed by atoms with E-state index in [2.05, 4.69) is 20.6 Å². The summed E-state index contributed by atoms with van der Waals surface area (Å²) in [4.78, 5) is 11.6. The Morgan fingerprint density at radius 1 is 1.39 bits per heavy atom. The van der Waals surface area contributed by atoms with Crippen molar-refractivity contribution < 1.29 is 4.79 Å². The van der Waals surface area contributed by atoms with Crippen LogP contribution in [0.2, 0.25) is 0 Å². The van der Waals surface area contributed by atoms with E-state index in [1.54, 1.807) is 6.92 Å². The Morgan fingerprint density at radius 2 is 2.22 bits per heavy atom. The minimum absolute atomic E-state index is 0.0538. The molecule has 0 unspecified atom stereocenters. The minimum Gasteiger partial charge on any atom is -0.339 e. The number of aromatic amines is 1. The van der Waals surface area contributed by atoms with E-state index >= 15 is 0 Å². The van der Waals surface area contributed by atoms with Crippen LogP contribution in [0.1, 0.15) is 23.1 Å². The Labute approximate surface area is 103 Å². The number of nitrogens with one attached hydrogen (secondary N) is 1. The highest BCUT2D eigenvalue weighted by molar-refractivity contribution is 6.06. The summed E-state index contributed by atoms with van der Waals surface area (Å²) in [5.74, 6) is 0.643. The SMILES string of the molecule is CC(=O)c1cn(Cc2nn[nH]n2)c2ccccc12. The van der Waals surface area contributed by atoms with Crippen LogP contribution >= 0.6 is 0 Å². The third-order valence-electron chi connectivity index (χ3n) is 2.87. The van der Waals surface area contributed by atoms with Crippen LogP contribution in [0, 0.1) is 0 Å². The van der Waals surface area contributed by atoms with Crippen LogP contribution in [0.4, 0.5) is 0 Å². The molecule has 0 fully saturated rings. The van der Waals surface area contributed by atoms with E-state index in [1.165, 1.54) is 0 Å². The maximum Gasteiger partial charge on any atom is 0.194 e. The van der Waals surface area contributed by atoms with E-state index < -0.39 is 0 Å². The van der Waals surface area contributed by atoms with Gasteiger partial charge in [-0.15, -0.1) is 10.2 Å². The number of hydrogen-bond acceptors (Lipinski definition) is 4. The van der Waals surface area contributed by atoms with Crippen LogP contribution in [0.3, 0.4) is 0 Å². The molecule has 1 N–H and O–H groups in total. The van der Waals surface area contributed by atoms with Gasteiger partial charge < -0.3 is 4.57 Å².